The van der Waals surface area contributed by atoms with E-state index in [1.165, 1.54) is 12.1 Å². The zero-order valence-corrected chi connectivity index (χ0v) is 14.2. The predicted octanol–water partition coefficient (Wildman–Crippen LogP) is 2.59. The van der Waals surface area contributed by atoms with Crippen molar-refractivity contribution in [3.05, 3.63) is 35.6 Å². The van der Waals surface area contributed by atoms with Gasteiger partial charge in [0.1, 0.15) is 5.82 Å². The van der Waals surface area contributed by atoms with Crippen LogP contribution in [0.3, 0.4) is 0 Å². The lowest BCUT2D eigenvalue weighted by Gasteiger charge is -2.42. The van der Waals surface area contributed by atoms with E-state index >= 15 is 0 Å². The summed E-state index contributed by atoms with van der Waals surface area (Å²) in [4.78, 5) is 26.1. The number of carboxylic acid groups (broad SMARTS) is 1. The summed E-state index contributed by atoms with van der Waals surface area (Å²) in [7, 11) is 0. The second-order valence-electron chi connectivity index (χ2n) is 7.03. The molecule has 3 rings (SSSR count). The van der Waals surface area contributed by atoms with E-state index in [0.717, 1.165) is 5.56 Å². The number of nitrogens with zero attached hydrogens (tertiary/aromatic N) is 1. The van der Waals surface area contributed by atoms with Gasteiger partial charge in [-0.05, 0) is 49.3 Å². The van der Waals surface area contributed by atoms with E-state index in [2.05, 4.69) is 0 Å². The highest BCUT2D eigenvalue weighted by Crippen LogP contribution is 2.38. The van der Waals surface area contributed by atoms with E-state index in [1.54, 1.807) is 12.1 Å². The van der Waals surface area contributed by atoms with E-state index in [9.17, 15) is 14.0 Å². The summed E-state index contributed by atoms with van der Waals surface area (Å²) in [5.74, 6) is -0.890. The van der Waals surface area contributed by atoms with Crippen molar-refractivity contribution in [1.82, 2.24) is 4.90 Å². The van der Waals surface area contributed by atoms with Gasteiger partial charge in [-0.25, -0.2) is 4.39 Å². The smallest absolute Gasteiger partial charge is 0.303 e. The first kappa shape index (κ1) is 17.9. The number of benzene rings is 1. The Kier molecular flexibility index (Phi) is 5.37. The Morgan fingerprint density at radius 2 is 1.76 bits per heavy atom. The van der Waals surface area contributed by atoms with E-state index in [-0.39, 0.29) is 24.1 Å². The van der Waals surface area contributed by atoms with Crippen molar-refractivity contribution in [3.8, 4) is 0 Å². The molecule has 0 bridgehead atoms. The quantitative estimate of drug-likeness (QED) is 0.907. The summed E-state index contributed by atoms with van der Waals surface area (Å²) >= 11 is 0. The number of hydrogen-bond donors (Lipinski definition) is 1. The Balaban J connectivity index is 1.77. The van der Waals surface area contributed by atoms with Crippen LogP contribution in [-0.4, -0.2) is 48.2 Å². The highest BCUT2D eigenvalue weighted by Gasteiger charge is 2.44. The maximum atomic E-state index is 13.3. The molecule has 0 aliphatic carbocycles. The summed E-state index contributed by atoms with van der Waals surface area (Å²) < 4.78 is 18.8. The van der Waals surface area contributed by atoms with Crippen LogP contribution in [0.25, 0.3) is 0 Å². The highest BCUT2D eigenvalue weighted by molar-refractivity contribution is 5.88. The number of likely N-dealkylation sites (tertiary alicyclic amines) is 1. The van der Waals surface area contributed by atoms with Crippen LogP contribution in [0, 0.1) is 11.7 Å². The molecule has 0 saturated carbocycles. The number of rotatable bonds is 4. The van der Waals surface area contributed by atoms with Gasteiger partial charge in [-0.3, -0.25) is 9.59 Å². The summed E-state index contributed by atoms with van der Waals surface area (Å²) in [5.41, 5.74) is 0.181. The van der Waals surface area contributed by atoms with Gasteiger partial charge in [0.05, 0.1) is 5.41 Å². The molecule has 136 valence electrons. The summed E-state index contributed by atoms with van der Waals surface area (Å²) in [6, 6.07) is 6.21. The Labute approximate surface area is 146 Å². The molecule has 0 spiro atoms. The van der Waals surface area contributed by atoms with Crippen LogP contribution in [-0.2, 0) is 19.7 Å². The van der Waals surface area contributed by atoms with Crippen LogP contribution in [0.15, 0.2) is 24.3 Å². The predicted molar refractivity (Wildman–Crippen MR) is 89.7 cm³/mol. The molecule has 0 atom stereocenters. The Hall–Kier alpha value is -1.95. The second-order valence-corrected chi connectivity index (χ2v) is 7.03. The van der Waals surface area contributed by atoms with Gasteiger partial charge in [0, 0.05) is 32.7 Å². The minimum Gasteiger partial charge on any atom is -0.481 e. The molecule has 2 fully saturated rings. The fourth-order valence-electron chi connectivity index (χ4n) is 4.00. The molecule has 0 aromatic heterocycles. The van der Waals surface area contributed by atoms with Gasteiger partial charge in [0.25, 0.3) is 0 Å². The molecule has 2 saturated heterocycles. The number of carbonyl (C=O) groups is 2. The molecule has 1 aromatic rings. The van der Waals surface area contributed by atoms with Gasteiger partial charge in [-0.2, -0.15) is 0 Å². The minimum absolute atomic E-state index is 0.0659. The van der Waals surface area contributed by atoms with Crippen molar-refractivity contribution >= 4 is 11.9 Å². The number of ether oxygens (including phenoxy) is 1. The SMILES string of the molecule is O=C(O)CC1CCN(C(=O)C2(c3ccc(F)cc3)CCOCC2)CC1. The third-order valence-corrected chi connectivity index (χ3v) is 5.52. The molecule has 2 heterocycles. The maximum absolute atomic E-state index is 13.3. The van der Waals surface area contributed by atoms with Gasteiger partial charge in [0.2, 0.25) is 5.91 Å². The molecule has 6 heteroatoms. The number of amides is 1. The molecule has 0 radical (unpaired) electrons. The fourth-order valence-corrected chi connectivity index (χ4v) is 4.00. The van der Waals surface area contributed by atoms with E-state index in [0.29, 0.717) is 52.0 Å². The Morgan fingerprint density at radius 1 is 1.16 bits per heavy atom. The molecule has 2 aliphatic rings. The zero-order chi connectivity index (χ0) is 17.9. The van der Waals surface area contributed by atoms with Crippen LogP contribution in [0.2, 0.25) is 0 Å². The number of carbonyl (C=O) groups excluding carboxylic acids is 1. The fraction of sp³-hybridized carbons (Fsp3) is 0.579. The largest absolute Gasteiger partial charge is 0.481 e. The van der Waals surface area contributed by atoms with Crippen molar-refractivity contribution in [1.29, 1.82) is 0 Å². The van der Waals surface area contributed by atoms with Crippen molar-refractivity contribution in [3.63, 3.8) is 0 Å². The number of piperidine rings is 1. The summed E-state index contributed by atoms with van der Waals surface area (Å²) in [6.07, 6.45) is 2.78. The first-order chi connectivity index (χ1) is 12.0. The maximum Gasteiger partial charge on any atom is 0.303 e. The van der Waals surface area contributed by atoms with Gasteiger partial charge < -0.3 is 14.7 Å². The lowest BCUT2D eigenvalue weighted by atomic mass is 9.72. The van der Waals surface area contributed by atoms with E-state index in [4.69, 9.17) is 9.84 Å². The molecule has 25 heavy (non-hydrogen) atoms. The lowest BCUT2D eigenvalue weighted by Crippen LogP contribution is -2.52. The molecule has 1 aromatic carbocycles. The molecular formula is C19H24FNO4. The summed E-state index contributed by atoms with van der Waals surface area (Å²) in [5, 5.41) is 8.93. The van der Waals surface area contributed by atoms with E-state index in [1.807, 2.05) is 4.90 Å². The van der Waals surface area contributed by atoms with Crippen LogP contribution < -0.4 is 0 Å². The van der Waals surface area contributed by atoms with E-state index < -0.39 is 11.4 Å². The number of aliphatic carboxylic acids is 1. The molecule has 1 N–H and O–H groups in total. The van der Waals surface area contributed by atoms with Crippen molar-refractivity contribution in [2.45, 2.75) is 37.5 Å². The molecule has 5 nitrogen and oxygen atoms in total. The van der Waals surface area contributed by atoms with Crippen LogP contribution in [0.5, 0.6) is 0 Å². The van der Waals surface area contributed by atoms with Crippen LogP contribution >= 0.6 is 0 Å². The van der Waals surface area contributed by atoms with Crippen LogP contribution in [0.1, 0.15) is 37.7 Å². The number of carboxylic acids is 1. The molecule has 1 amide bonds. The van der Waals surface area contributed by atoms with Crippen molar-refractivity contribution < 1.29 is 23.8 Å². The first-order valence-corrected chi connectivity index (χ1v) is 8.86. The number of halogens is 1. The molecular weight excluding hydrogens is 325 g/mol. The standard InChI is InChI=1S/C19H24FNO4/c20-16-3-1-15(2-4-16)19(7-11-25-12-8-19)18(24)21-9-5-14(6-10-21)13-17(22)23/h1-4,14H,5-13H2,(H,22,23). The zero-order valence-electron chi connectivity index (χ0n) is 14.2. The van der Waals surface area contributed by atoms with Gasteiger partial charge in [0.15, 0.2) is 0 Å². The first-order valence-electron chi connectivity index (χ1n) is 8.86. The third-order valence-electron chi connectivity index (χ3n) is 5.52. The monoisotopic (exact) mass is 349 g/mol. The Bertz CT molecular complexity index is 617. The lowest BCUT2D eigenvalue weighted by molar-refractivity contribution is -0.143. The average molecular weight is 349 g/mol. The highest BCUT2D eigenvalue weighted by atomic mass is 19.1. The normalized spacial score (nSPS) is 21.1. The van der Waals surface area contributed by atoms with Gasteiger partial charge in [-0.1, -0.05) is 12.1 Å². The molecule has 2 aliphatic heterocycles. The van der Waals surface area contributed by atoms with Gasteiger partial charge >= 0.3 is 5.97 Å². The Morgan fingerprint density at radius 3 is 2.32 bits per heavy atom. The second kappa shape index (κ2) is 7.52. The summed E-state index contributed by atoms with van der Waals surface area (Å²) in [6.45, 7) is 2.19. The van der Waals surface area contributed by atoms with Crippen molar-refractivity contribution in [2.75, 3.05) is 26.3 Å². The number of hydrogen-bond acceptors (Lipinski definition) is 3. The topological polar surface area (TPSA) is 66.8 Å². The third kappa shape index (κ3) is 3.84. The minimum atomic E-state index is -0.781. The van der Waals surface area contributed by atoms with Gasteiger partial charge in [-0.15, -0.1) is 0 Å². The average Bonchev–Trinajstić information content (AvgIpc) is 2.62. The molecule has 0 unspecified atom stereocenters. The van der Waals surface area contributed by atoms with Crippen molar-refractivity contribution in [2.24, 2.45) is 5.92 Å². The van der Waals surface area contributed by atoms with Crippen LogP contribution in [0.4, 0.5) is 4.39 Å².